The molecule has 10 heteroatoms. The third-order valence-corrected chi connectivity index (χ3v) is 8.44. The van der Waals surface area contributed by atoms with Crippen molar-refractivity contribution in [3.8, 4) is 5.75 Å². The first kappa shape index (κ1) is 31.0. The lowest BCUT2D eigenvalue weighted by molar-refractivity contribution is -0.140. The van der Waals surface area contributed by atoms with Crippen molar-refractivity contribution in [1.29, 1.82) is 0 Å². The molecule has 0 radical (unpaired) electrons. The molecule has 3 aromatic rings. The Hall–Kier alpha value is -3.56. The van der Waals surface area contributed by atoms with E-state index < -0.39 is 28.5 Å². The van der Waals surface area contributed by atoms with Gasteiger partial charge < -0.3 is 15.0 Å². The number of amides is 2. The van der Waals surface area contributed by atoms with Gasteiger partial charge in [0.2, 0.25) is 11.8 Å². The minimum absolute atomic E-state index is 0.0120. The lowest BCUT2D eigenvalue weighted by Gasteiger charge is -2.33. The quantitative estimate of drug-likeness (QED) is 0.278. The van der Waals surface area contributed by atoms with Crippen LogP contribution in [0.5, 0.6) is 5.75 Å². The summed E-state index contributed by atoms with van der Waals surface area (Å²) >= 11 is 6.42. The largest absolute Gasteiger partial charge is 0.494 e. The molecule has 1 N–H and O–H groups in total. The maximum Gasteiger partial charge on any atom is 0.264 e. The summed E-state index contributed by atoms with van der Waals surface area (Å²) in [5.74, 6) is -0.291. The Balaban J connectivity index is 2.02. The first-order valence-electron chi connectivity index (χ1n) is 13.3. The molecular formula is C30H36ClN3O5S. The van der Waals surface area contributed by atoms with E-state index in [2.05, 4.69) is 5.32 Å². The minimum Gasteiger partial charge on any atom is -0.494 e. The SMILES string of the molecule is CCCNC(=O)[C@H](CC)N(Cc1ccccc1Cl)C(=O)CN(c1ccccc1)S(=O)(=O)c1ccc(OCC)cc1. The molecule has 0 saturated carbocycles. The van der Waals surface area contributed by atoms with Crippen molar-refractivity contribution in [3.05, 3.63) is 89.4 Å². The van der Waals surface area contributed by atoms with Crippen LogP contribution in [0.25, 0.3) is 0 Å². The Labute approximate surface area is 241 Å². The Morgan fingerprint density at radius 2 is 1.57 bits per heavy atom. The van der Waals surface area contributed by atoms with Crippen molar-refractivity contribution >= 4 is 39.1 Å². The van der Waals surface area contributed by atoms with E-state index >= 15 is 0 Å². The number of benzene rings is 3. The molecule has 214 valence electrons. The number of para-hydroxylation sites is 1. The second-order valence-electron chi connectivity index (χ2n) is 9.08. The van der Waals surface area contributed by atoms with Crippen molar-refractivity contribution in [1.82, 2.24) is 10.2 Å². The van der Waals surface area contributed by atoms with E-state index in [1.165, 1.54) is 17.0 Å². The lowest BCUT2D eigenvalue weighted by atomic mass is 10.1. The van der Waals surface area contributed by atoms with Gasteiger partial charge in [-0.25, -0.2) is 8.42 Å². The molecule has 40 heavy (non-hydrogen) atoms. The van der Waals surface area contributed by atoms with Crippen LogP contribution in [-0.4, -0.2) is 50.9 Å². The van der Waals surface area contributed by atoms with Crippen LogP contribution in [-0.2, 0) is 26.2 Å². The van der Waals surface area contributed by atoms with Crippen LogP contribution >= 0.6 is 11.6 Å². The topological polar surface area (TPSA) is 96.0 Å². The standard InChI is InChI=1S/C30H36ClN3O5S/c1-4-20-32-30(36)28(5-2)33(21-23-12-10-11-15-27(23)31)29(35)22-34(24-13-8-7-9-14-24)40(37,38)26-18-16-25(17-19-26)39-6-3/h7-19,28H,4-6,20-22H2,1-3H3,(H,32,36)/t28-/m0/s1. The van der Waals surface area contributed by atoms with Gasteiger partial charge in [0, 0.05) is 18.1 Å². The van der Waals surface area contributed by atoms with E-state index in [0.717, 1.165) is 10.7 Å². The molecule has 0 heterocycles. The normalized spacial score (nSPS) is 11.9. The van der Waals surface area contributed by atoms with Gasteiger partial charge in [-0.05, 0) is 67.8 Å². The first-order chi connectivity index (χ1) is 19.2. The smallest absolute Gasteiger partial charge is 0.264 e. The van der Waals surface area contributed by atoms with Crippen LogP contribution in [0.1, 0.15) is 39.2 Å². The second-order valence-corrected chi connectivity index (χ2v) is 11.3. The number of hydrogen-bond donors (Lipinski definition) is 1. The molecule has 0 bridgehead atoms. The minimum atomic E-state index is -4.16. The fraction of sp³-hybridized carbons (Fsp3) is 0.333. The monoisotopic (exact) mass is 585 g/mol. The molecule has 1 atom stereocenters. The number of nitrogens with one attached hydrogen (secondary N) is 1. The van der Waals surface area contributed by atoms with Crippen LogP contribution in [0.4, 0.5) is 5.69 Å². The average molecular weight is 586 g/mol. The summed E-state index contributed by atoms with van der Waals surface area (Å²) in [4.78, 5) is 28.6. The summed E-state index contributed by atoms with van der Waals surface area (Å²) in [6, 6.07) is 20.8. The molecule has 0 fully saturated rings. The highest BCUT2D eigenvalue weighted by Gasteiger charge is 2.33. The van der Waals surface area contributed by atoms with E-state index in [-0.39, 0.29) is 17.3 Å². The van der Waals surface area contributed by atoms with Crippen LogP contribution in [0, 0.1) is 0 Å². The number of nitrogens with zero attached hydrogens (tertiary/aromatic N) is 2. The highest BCUT2D eigenvalue weighted by molar-refractivity contribution is 7.92. The summed E-state index contributed by atoms with van der Waals surface area (Å²) in [6.45, 7) is 6.04. The molecule has 0 spiro atoms. The zero-order valence-corrected chi connectivity index (χ0v) is 24.6. The van der Waals surface area contributed by atoms with Crippen molar-refractivity contribution in [2.45, 2.75) is 51.1 Å². The predicted molar refractivity (Wildman–Crippen MR) is 158 cm³/mol. The van der Waals surface area contributed by atoms with Gasteiger partial charge in [-0.15, -0.1) is 0 Å². The maximum absolute atomic E-state index is 14.0. The van der Waals surface area contributed by atoms with Gasteiger partial charge in [-0.3, -0.25) is 13.9 Å². The fourth-order valence-electron chi connectivity index (χ4n) is 4.22. The summed E-state index contributed by atoms with van der Waals surface area (Å²) < 4.78 is 34.3. The molecule has 0 aromatic heterocycles. The van der Waals surface area contributed by atoms with Crippen molar-refractivity contribution < 1.29 is 22.7 Å². The van der Waals surface area contributed by atoms with Crippen LogP contribution < -0.4 is 14.4 Å². The average Bonchev–Trinajstić information content (AvgIpc) is 2.96. The number of anilines is 1. The van der Waals surface area contributed by atoms with Gasteiger partial charge in [0.05, 0.1) is 17.2 Å². The zero-order chi connectivity index (χ0) is 29.1. The third kappa shape index (κ3) is 7.76. The molecule has 3 rings (SSSR count). The van der Waals surface area contributed by atoms with E-state index in [1.54, 1.807) is 66.7 Å². The molecule has 0 aliphatic carbocycles. The summed E-state index contributed by atoms with van der Waals surface area (Å²) in [5.41, 5.74) is 0.978. The van der Waals surface area contributed by atoms with Gasteiger partial charge in [0.25, 0.3) is 10.0 Å². The molecule has 0 aliphatic heterocycles. The molecule has 0 unspecified atom stereocenters. The van der Waals surface area contributed by atoms with Gasteiger partial charge in [-0.2, -0.15) is 0 Å². The number of sulfonamides is 1. The highest BCUT2D eigenvalue weighted by atomic mass is 35.5. The van der Waals surface area contributed by atoms with Crippen molar-refractivity contribution in [2.24, 2.45) is 0 Å². The predicted octanol–water partition coefficient (Wildman–Crippen LogP) is 5.27. The highest BCUT2D eigenvalue weighted by Crippen LogP contribution is 2.26. The van der Waals surface area contributed by atoms with E-state index in [9.17, 15) is 18.0 Å². The van der Waals surface area contributed by atoms with Crippen LogP contribution in [0.15, 0.2) is 83.8 Å². The van der Waals surface area contributed by atoms with Crippen molar-refractivity contribution in [2.75, 3.05) is 24.0 Å². The van der Waals surface area contributed by atoms with E-state index in [1.807, 2.05) is 20.8 Å². The van der Waals surface area contributed by atoms with Crippen LogP contribution in [0.3, 0.4) is 0 Å². The first-order valence-corrected chi connectivity index (χ1v) is 15.2. The molecular weight excluding hydrogens is 550 g/mol. The zero-order valence-electron chi connectivity index (χ0n) is 23.0. The summed E-state index contributed by atoms with van der Waals surface area (Å²) in [5, 5.41) is 3.32. The number of rotatable bonds is 14. The molecule has 2 amide bonds. The number of carbonyl (C=O) groups is 2. The molecule has 8 nitrogen and oxygen atoms in total. The Bertz CT molecular complexity index is 1370. The summed E-state index contributed by atoms with van der Waals surface area (Å²) in [6.07, 6.45) is 1.07. The van der Waals surface area contributed by atoms with Gasteiger partial charge in [-0.1, -0.05) is 61.8 Å². The number of hydrogen-bond acceptors (Lipinski definition) is 5. The molecule has 0 aliphatic rings. The number of halogens is 1. The van der Waals surface area contributed by atoms with Gasteiger partial charge >= 0.3 is 0 Å². The van der Waals surface area contributed by atoms with E-state index in [0.29, 0.717) is 41.6 Å². The molecule has 3 aromatic carbocycles. The number of carbonyl (C=O) groups excluding carboxylic acids is 2. The fourth-order valence-corrected chi connectivity index (χ4v) is 5.83. The van der Waals surface area contributed by atoms with Gasteiger partial charge in [0.15, 0.2) is 0 Å². The second kappa shape index (κ2) is 14.7. The van der Waals surface area contributed by atoms with Crippen molar-refractivity contribution in [3.63, 3.8) is 0 Å². The number of ether oxygens (including phenoxy) is 1. The van der Waals surface area contributed by atoms with Crippen LogP contribution in [0.2, 0.25) is 5.02 Å². The summed E-state index contributed by atoms with van der Waals surface area (Å²) in [7, 11) is -4.16. The van der Waals surface area contributed by atoms with E-state index in [4.69, 9.17) is 16.3 Å². The lowest BCUT2D eigenvalue weighted by Crippen LogP contribution is -2.52. The Kier molecular flexibility index (Phi) is 11.4. The molecule has 0 saturated heterocycles. The Morgan fingerprint density at radius 1 is 0.925 bits per heavy atom. The third-order valence-electron chi connectivity index (χ3n) is 6.28. The Morgan fingerprint density at radius 3 is 2.17 bits per heavy atom. The van der Waals surface area contributed by atoms with Gasteiger partial charge in [0.1, 0.15) is 18.3 Å². The maximum atomic E-state index is 14.0.